The van der Waals surface area contributed by atoms with E-state index < -0.39 is 5.41 Å². The molecule has 2 heterocycles. The highest BCUT2D eigenvalue weighted by atomic mass is 15.1. The van der Waals surface area contributed by atoms with Crippen LogP contribution in [-0.2, 0) is 5.41 Å². The molecule has 2 nitrogen and oxygen atoms in total. The summed E-state index contributed by atoms with van der Waals surface area (Å²) in [6, 6.07) is 80.5. The Kier molecular flexibility index (Phi) is 6.88. The minimum absolute atomic E-state index is 0.530. The Labute approximate surface area is 332 Å². The number of nitrogens with zero attached hydrogens (tertiary/aromatic N) is 2. The van der Waals surface area contributed by atoms with E-state index in [0.29, 0.717) is 0 Å². The number of aromatic nitrogens is 1. The lowest BCUT2D eigenvalue weighted by Crippen LogP contribution is -2.33. The van der Waals surface area contributed by atoms with Crippen molar-refractivity contribution in [3.8, 4) is 39.1 Å². The maximum atomic E-state index is 2.51. The van der Waals surface area contributed by atoms with Gasteiger partial charge in [-0.3, -0.25) is 0 Å². The van der Waals surface area contributed by atoms with Crippen LogP contribution < -0.4 is 4.90 Å². The highest BCUT2D eigenvalue weighted by Gasteiger charge is 2.51. The zero-order valence-corrected chi connectivity index (χ0v) is 31.2. The standard InChI is InChI=1S/C55H36N2/c1-3-17-37(18-4-1)38-33-35-39(36-34-38)41-21-8-12-29-49(41)56(40-19-5-2-6-20-40)52-32-16-27-47-53(52)44-23-7-10-25-45(44)55(47)46-26-11-14-31-51(46)57-50-30-13-9-22-42(50)43-24-15-28-48(55)54(43)57/h1-36H. The fourth-order valence-electron chi connectivity index (χ4n) is 10.1. The van der Waals surface area contributed by atoms with Gasteiger partial charge in [0.2, 0.25) is 0 Å². The van der Waals surface area contributed by atoms with Crippen molar-refractivity contribution in [3.63, 3.8) is 0 Å². The number of benzene rings is 9. The number of hydrogen-bond donors (Lipinski definition) is 0. The third-order valence-electron chi connectivity index (χ3n) is 12.4. The first-order valence-electron chi connectivity index (χ1n) is 19.8. The van der Waals surface area contributed by atoms with E-state index in [-0.39, 0.29) is 0 Å². The second kappa shape index (κ2) is 12.3. The van der Waals surface area contributed by atoms with Gasteiger partial charge < -0.3 is 9.47 Å². The van der Waals surface area contributed by atoms with Crippen LogP contribution in [0.15, 0.2) is 218 Å². The predicted molar refractivity (Wildman–Crippen MR) is 237 cm³/mol. The summed E-state index contributed by atoms with van der Waals surface area (Å²) in [5.41, 5.74) is 19.2. The van der Waals surface area contributed by atoms with Gasteiger partial charge in [-0.25, -0.2) is 0 Å². The second-order valence-corrected chi connectivity index (χ2v) is 15.2. The first kappa shape index (κ1) is 31.9. The zero-order chi connectivity index (χ0) is 37.5. The summed E-state index contributed by atoms with van der Waals surface area (Å²) in [6.45, 7) is 0. The Balaban J connectivity index is 1.14. The van der Waals surface area contributed by atoms with Crippen molar-refractivity contribution >= 4 is 38.9 Å². The van der Waals surface area contributed by atoms with E-state index in [9.17, 15) is 0 Å². The summed E-state index contributed by atoms with van der Waals surface area (Å²) in [4.78, 5) is 2.49. The van der Waals surface area contributed by atoms with Gasteiger partial charge >= 0.3 is 0 Å². The maximum absolute atomic E-state index is 2.51. The lowest BCUT2D eigenvalue weighted by Gasteiger charge is -2.39. The number of para-hydroxylation sites is 5. The molecule has 266 valence electrons. The molecule has 0 saturated carbocycles. The maximum Gasteiger partial charge on any atom is 0.0755 e. The number of hydrogen-bond acceptors (Lipinski definition) is 1. The molecule has 57 heavy (non-hydrogen) atoms. The fourth-order valence-corrected chi connectivity index (χ4v) is 10.1. The first-order valence-corrected chi connectivity index (χ1v) is 19.8. The van der Waals surface area contributed by atoms with Gasteiger partial charge in [0.25, 0.3) is 0 Å². The van der Waals surface area contributed by atoms with Crippen LogP contribution in [0.4, 0.5) is 17.1 Å². The van der Waals surface area contributed by atoms with Crippen molar-refractivity contribution in [3.05, 3.63) is 241 Å². The summed E-state index contributed by atoms with van der Waals surface area (Å²) in [5.74, 6) is 0. The molecular formula is C55H36N2. The van der Waals surface area contributed by atoms with Crippen molar-refractivity contribution in [2.45, 2.75) is 5.41 Å². The molecule has 0 fully saturated rings. The van der Waals surface area contributed by atoms with Crippen LogP contribution in [-0.4, -0.2) is 4.57 Å². The van der Waals surface area contributed by atoms with Gasteiger partial charge in [-0.05, 0) is 80.9 Å². The summed E-state index contributed by atoms with van der Waals surface area (Å²) in [6.07, 6.45) is 0. The summed E-state index contributed by atoms with van der Waals surface area (Å²) in [5, 5.41) is 2.57. The van der Waals surface area contributed by atoms with E-state index in [1.165, 1.54) is 83.1 Å². The molecule has 1 aliphatic carbocycles. The molecule has 0 bridgehead atoms. The largest absolute Gasteiger partial charge is 0.309 e. The Bertz CT molecular complexity index is 3180. The minimum Gasteiger partial charge on any atom is -0.309 e. The second-order valence-electron chi connectivity index (χ2n) is 15.2. The van der Waals surface area contributed by atoms with Gasteiger partial charge in [0.05, 0.1) is 33.5 Å². The predicted octanol–water partition coefficient (Wildman–Crippen LogP) is 14.3. The van der Waals surface area contributed by atoms with Crippen LogP contribution in [0.1, 0.15) is 22.3 Å². The molecule has 0 saturated heterocycles. The van der Waals surface area contributed by atoms with Gasteiger partial charge in [0, 0.05) is 27.6 Å². The number of rotatable bonds is 5. The topological polar surface area (TPSA) is 8.17 Å². The van der Waals surface area contributed by atoms with Crippen molar-refractivity contribution in [2.24, 2.45) is 0 Å². The van der Waals surface area contributed by atoms with Gasteiger partial charge in [-0.2, -0.15) is 0 Å². The minimum atomic E-state index is -0.530. The average molecular weight is 725 g/mol. The molecule has 1 spiro atoms. The monoisotopic (exact) mass is 724 g/mol. The Hall–Kier alpha value is -7.42. The van der Waals surface area contributed by atoms with E-state index in [0.717, 1.165) is 17.1 Å². The average Bonchev–Trinajstić information content (AvgIpc) is 3.79. The molecule has 1 unspecified atom stereocenters. The first-order chi connectivity index (χ1) is 28.3. The molecule has 2 heteroatoms. The van der Waals surface area contributed by atoms with E-state index in [1.807, 2.05) is 0 Å². The molecule has 1 aromatic heterocycles. The molecule has 9 aromatic carbocycles. The van der Waals surface area contributed by atoms with Crippen LogP contribution in [0.5, 0.6) is 0 Å². The van der Waals surface area contributed by atoms with Crippen molar-refractivity contribution in [1.29, 1.82) is 0 Å². The fraction of sp³-hybridized carbons (Fsp3) is 0.0182. The Morgan fingerprint density at radius 1 is 0.351 bits per heavy atom. The van der Waals surface area contributed by atoms with Gasteiger partial charge in [0.1, 0.15) is 0 Å². The van der Waals surface area contributed by atoms with Crippen molar-refractivity contribution in [1.82, 2.24) is 4.57 Å². The van der Waals surface area contributed by atoms with Gasteiger partial charge in [-0.1, -0.05) is 182 Å². The molecule has 0 N–H and O–H groups in total. The molecule has 2 aliphatic rings. The van der Waals surface area contributed by atoms with E-state index in [2.05, 4.69) is 228 Å². The third kappa shape index (κ3) is 4.41. The molecule has 0 radical (unpaired) electrons. The highest BCUT2D eigenvalue weighted by molar-refractivity contribution is 6.13. The Morgan fingerprint density at radius 3 is 1.75 bits per heavy atom. The molecule has 1 atom stereocenters. The number of anilines is 3. The van der Waals surface area contributed by atoms with Crippen molar-refractivity contribution in [2.75, 3.05) is 4.90 Å². The van der Waals surface area contributed by atoms with Gasteiger partial charge in [0.15, 0.2) is 0 Å². The molecule has 1 aliphatic heterocycles. The molecule has 10 aromatic rings. The smallest absolute Gasteiger partial charge is 0.0755 e. The summed E-state index contributed by atoms with van der Waals surface area (Å²) >= 11 is 0. The zero-order valence-electron chi connectivity index (χ0n) is 31.2. The molecule has 12 rings (SSSR count). The van der Waals surface area contributed by atoms with Crippen LogP contribution in [0.2, 0.25) is 0 Å². The SMILES string of the molecule is c1ccc(-c2ccc(-c3ccccc3N(c3ccccc3)c3cccc4c3-c3ccccc3C43c4ccccc4-n4c5ccccc5c5cccc3c54)cc2)cc1. The van der Waals surface area contributed by atoms with Crippen LogP contribution in [0.25, 0.3) is 60.9 Å². The number of fused-ring (bicyclic) bond motifs is 12. The Morgan fingerprint density at radius 2 is 0.912 bits per heavy atom. The van der Waals surface area contributed by atoms with Gasteiger partial charge in [-0.15, -0.1) is 0 Å². The third-order valence-corrected chi connectivity index (χ3v) is 12.4. The van der Waals surface area contributed by atoms with Crippen molar-refractivity contribution < 1.29 is 0 Å². The normalized spacial score (nSPS) is 14.7. The lowest BCUT2D eigenvalue weighted by atomic mass is 9.65. The van der Waals surface area contributed by atoms with E-state index in [1.54, 1.807) is 0 Å². The molecule has 0 amide bonds. The van der Waals surface area contributed by atoms with E-state index in [4.69, 9.17) is 0 Å². The quantitative estimate of drug-likeness (QED) is 0.172. The lowest BCUT2D eigenvalue weighted by molar-refractivity contribution is 0.748. The van der Waals surface area contributed by atoms with Crippen LogP contribution in [0.3, 0.4) is 0 Å². The highest BCUT2D eigenvalue weighted by Crippen LogP contribution is 2.63. The summed E-state index contributed by atoms with van der Waals surface area (Å²) < 4.78 is 2.51. The van der Waals surface area contributed by atoms with E-state index >= 15 is 0 Å². The van der Waals surface area contributed by atoms with Crippen LogP contribution in [0, 0.1) is 0 Å². The molecular weight excluding hydrogens is 689 g/mol. The summed E-state index contributed by atoms with van der Waals surface area (Å²) in [7, 11) is 0. The van der Waals surface area contributed by atoms with Crippen LogP contribution >= 0.6 is 0 Å².